The van der Waals surface area contributed by atoms with Crippen molar-refractivity contribution >= 4 is 44.7 Å². The molecule has 2 aliphatic rings. The second kappa shape index (κ2) is 53.0. The summed E-state index contributed by atoms with van der Waals surface area (Å²) in [5.41, 5.74) is 15.8. The van der Waals surface area contributed by atoms with E-state index in [1.54, 1.807) is 0 Å². The van der Waals surface area contributed by atoms with Crippen LogP contribution in [0.3, 0.4) is 0 Å². The van der Waals surface area contributed by atoms with Crippen LogP contribution in [-0.4, -0.2) is 79.7 Å². The third-order valence-corrected chi connectivity index (χ3v) is 23.9. The number of aromatic nitrogens is 16. The highest BCUT2D eigenvalue weighted by atomic mass is 15.1. The van der Waals surface area contributed by atoms with Gasteiger partial charge >= 0.3 is 0 Å². The summed E-state index contributed by atoms with van der Waals surface area (Å²) < 4.78 is 0. The number of aromatic amines is 2. The normalized spacial score (nSPS) is 12.1. The maximum absolute atomic E-state index is 5.78. The first-order valence-electron chi connectivity index (χ1n) is 47.7. The number of aryl methyl sites for hydroxylation is 8. The third kappa shape index (κ3) is 29.1. The van der Waals surface area contributed by atoms with E-state index in [9.17, 15) is 0 Å². The number of unbranched alkanes of at least 4 members (excludes halogenated alkanes) is 48. The first-order valence-corrected chi connectivity index (χ1v) is 47.7. The molecule has 0 radical (unpaired) electrons. The molecule has 7 aromatic heterocycles. The molecule has 7 aromatic rings. The summed E-state index contributed by atoms with van der Waals surface area (Å²) in [6.07, 6.45) is 75.3. The molecule has 0 saturated carbocycles. The molecule has 0 atom stereocenters. The number of nitrogens with zero attached hydrogens (tertiary/aromatic N) is 14. The molecule has 9 rings (SSSR count). The fourth-order valence-electron chi connectivity index (χ4n) is 16.8. The Hall–Kier alpha value is -6.32. The quantitative estimate of drug-likeness (QED) is 0.0340. The van der Waals surface area contributed by atoms with E-state index in [1.165, 1.54) is 257 Å². The van der Waals surface area contributed by atoms with E-state index < -0.39 is 0 Å². The fraction of sp³-hybridized carbons (Fsp3) is 0.750. The summed E-state index contributed by atoms with van der Waals surface area (Å²) >= 11 is 0. The van der Waals surface area contributed by atoms with Gasteiger partial charge in [-0.25, -0.2) is 69.8 Å². The zero-order valence-corrected chi connectivity index (χ0v) is 72.5. The highest BCUT2D eigenvalue weighted by molar-refractivity contribution is 6.01. The molecule has 0 unspecified atom stereocenters. The van der Waals surface area contributed by atoms with Crippen LogP contribution in [0.1, 0.15) is 461 Å². The summed E-state index contributed by atoms with van der Waals surface area (Å²) in [6.45, 7) is 18.4. The Morgan fingerprint density at radius 3 is 0.429 bits per heavy atom. The molecule has 618 valence electrons. The fourth-order valence-corrected chi connectivity index (χ4v) is 16.8. The van der Waals surface area contributed by atoms with Gasteiger partial charge in [0.25, 0.3) is 0 Å². The van der Waals surface area contributed by atoms with Gasteiger partial charge in [-0.3, -0.25) is 0 Å². The number of hydrogen-bond acceptors (Lipinski definition) is 14. The topological polar surface area (TPSA) is 212 Å². The standard InChI is InChI=1S/C96H154N16/c1-9-17-25-33-41-49-57-65-73-74(66-58-50-42-34-26-18-10-2)98-82-81(97-73)89-105-90(82)110-92-85-86(102-78(70-62-54-46-38-30-22-14-6)77(101-85)69-61-53-45-37-29-21-13-5)94(107-92)112-96-88-87(103-79(71-63-55-47-39-31-23-15-7)80(104-88)72-64-56-48-40-32-24-16-8)95(108-96)111-93-84-83(91(106-93)109-89)99-75(67-59-51-43-35-27-19-11-3)76(100-84)68-60-52-44-36-28-20-12-4/h9-72H2,1-8H3,(H2,105,106,107,108,109,110,111,112). The maximum Gasteiger partial charge on any atom is 0.184 e. The van der Waals surface area contributed by atoms with Gasteiger partial charge in [0.1, 0.15) is 44.8 Å². The molecule has 2 N–H and O–H groups in total. The van der Waals surface area contributed by atoms with Crippen molar-refractivity contribution in [2.45, 2.75) is 466 Å². The summed E-state index contributed by atoms with van der Waals surface area (Å²) in [5, 5.41) is 0. The van der Waals surface area contributed by atoms with Crippen molar-refractivity contribution < 1.29 is 0 Å². The van der Waals surface area contributed by atoms with Crippen LogP contribution in [-0.2, 0) is 51.4 Å². The molecule has 0 amide bonds. The van der Waals surface area contributed by atoms with E-state index in [2.05, 4.69) is 65.4 Å². The van der Waals surface area contributed by atoms with Gasteiger partial charge in [-0.1, -0.05) is 364 Å². The largest absolute Gasteiger partial charge is 0.321 e. The molecule has 8 bridgehead atoms. The first kappa shape index (κ1) is 89.6. The van der Waals surface area contributed by atoms with Crippen LogP contribution in [0.4, 0.5) is 0 Å². The monoisotopic (exact) mass is 1530 g/mol. The lowest BCUT2D eigenvalue weighted by Gasteiger charge is -2.11. The van der Waals surface area contributed by atoms with E-state index in [0.717, 1.165) is 200 Å². The number of hydrogen-bond donors (Lipinski definition) is 2. The average Bonchev–Trinajstić information content (AvgIpc) is 1.59. The Labute approximate surface area is 678 Å². The summed E-state index contributed by atoms with van der Waals surface area (Å²) in [5.74, 6) is 1.80. The number of H-pyrrole nitrogens is 2. The van der Waals surface area contributed by atoms with E-state index in [1.807, 2.05) is 0 Å². The minimum absolute atomic E-state index is 0.450. The van der Waals surface area contributed by atoms with Gasteiger partial charge in [0.15, 0.2) is 45.9 Å². The second-order valence-electron chi connectivity index (χ2n) is 33.8. The molecular weight excluding hydrogens is 1380 g/mol. The van der Waals surface area contributed by atoms with Crippen molar-refractivity contribution in [3.63, 3.8) is 0 Å². The number of fused-ring (bicyclic) bond motifs is 20. The molecule has 16 nitrogen and oxygen atoms in total. The Morgan fingerprint density at radius 2 is 0.277 bits per heavy atom. The van der Waals surface area contributed by atoms with Gasteiger partial charge in [-0.05, 0) is 103 Å². The predicted molar refractivity (Wildman–Crippen MR) is 472 cm³/mol. The van der Waals surface area contributed by atoms with Crippen LogP contribution < -0.4 is 0 Å². The van der Waals surface area contributed by atoms with Crippen LogP contribution in [0.5, 0.6) is 0 Å². The van der Waals surface area contributed by atoms with Gasteiger partial charge in [-0.15, -0.1) is 0 Å². The van der Waals surface area contributed by atoms with Crippen LogP contribution in [0.2, 0.25) is 0 Å². The molecule has 0 aliphatic carbocycles. The van der Waals surface area contributed by atoms with Crippen molar-refractivity contribution in [1.82, 2.24) is 79.7 Å². The van der Waals surface area contributed by atoms with E-state index in [4.69, 9.17) is 69.8 Å². The van der Waals surface area contributed by atoms with Crippen molar-refractivity contribution in [3.05, 3.63) is 45.6 Å². The molecule has 2 aliphatic heterocycles. The Kier molecular flexibility index (Phi) is 42.4. The zero-order chi connectivity index (χ0) is 78.4. The van der Waals surface area contributed by atoms with Gasteiger partial charge in [-0.2, -0.15) is 0 Å². The second-order valence-corrected chi connectivity index (χ2v) is 33.8. The predicted octanol–water partition coefficient (Wildman–Crippen LogP) is 28.4. The Balaban J connectivity index is 1.32. The van der Waals surface area contributed by atoms with Crippen LogP contribution in [0, 0.1) is 0 Å². The minimum Gasteiger partial charge on any atom is -0.321 e. The minimum atomic E-state index is 0.450. The highest BCUT2D eigenvalue weighted by Crippen LogP contribution is 2.38. The van der Waals surface area contributed by atoms with Crippen molar-refractivity contribution in [3.8, 4) is 46.1 Å². The lowest BCUT2D eigenvalue weighted by molar-refractivity contribution is 0.578. The van der Waals surface area contributed by atoms with Crippen molar-refractivity contribution in [1.29, 1.82) is 0 Å². The number of nitrogens with one attached hydrogen (secondary N) is 2. The summed E-state index contributed by atoms with van der Waals surface area (Å²) in [4.78, 5) is 87.7. The first-order chi connectivity index (χ1) is 55.3. The lowest BCUT2D eigenvalue weighted by atomic mass is 10.0. The molecule has 112 heavy (non-hydrogen) atoms. The molecule has 16 heteroatoms. The molecular formula is C96H154N16. The van der Waals surface area contributed by atoms with Crippen LogP contribution in [0.15, 0.2) is 0 Å². The third-order valence-electron chi connectivity index (χ3n) is 23.9. The summed E-state index contributed by atoms with van der Waals surface area (Å²) in [7, 11) is 0. The average molecular weight is 1530 g/mol. The smallest absolute Gasteiger partial charge is 0.184 e. The molecule has 0 spiro atoms. The Morgan fingerprint density at radius 1 is 0.143 bits per heavy atom. The van der Waals surface area contributed by atoms with Crippen molar-refractivity contribution in [2.75, 3.05) is 0 Å². The van der Waals surface area contributed by atoms with Crippen LogP contribution in [0.25, 0.3) is 90.7 Å². The highest BCUT2D eigenvalue weighted by Gasteiger charge is 2.30. The molecule has 0 aromatic carbocycles. The van der Waals surface area contributed by atoms with Gasteiger partial charge < -0.3 is 9.97 Å². The molecule has 0 saturated heterocycles. The SMILES string of the molecule is CCCCCCCCCc1nc2c(nc1CCCCCCCCC)-c1nc-2nc2[nH]c(nc3nc(nc4[nH]c(n1)c1nc(CCCCCCCCC)c(CCCCCCCCC)nc41)-c1nc(CCCCCCCCC)c(CCCCCCCCC)nc1-3)c1nc(CCCCCCCCC)c(CCCCCCCCC)nc21. The van der Waals surface area contributed by atoms with E-state index >= 15 is 0 Å². The van der Waals surface area contributed by atoms with E-state index in [0.29, 0.717) is 90.7 Å². The van der Waals surface area contributed by atoms with Crippen LogP contribution >= 0.6 is 0 Å². The number of rotatable bonds is 64. The van der Waals surface area contributed by atoms with Gasteiger partial charge in [0, 0.05) is 0 Å². The zero-order valence-electron chi connectivity index (χ0n) is 72.5. The summed E-state index contributed by atoms with van der Waals surface area (Å²) in [6, 6.07) is 0. The lowest BCUT2D eigenvalue weighted by Crippen LogP contribution is -2.06. The maximum atomic E-state index is 5.78. The molecule has 0 fully saturated rings. The van der Waals surface area contributed by atoms with Gasteiger partial charge in [0.05, 0.1) is 45.6 Å². The molecule has 9 heterocycles. The van der Waals surface area contributed by atoms with E-state index in [-0.39, 0.29) is 0 Å². The van der Waals surface area contributed by atoms with Crippen molar-refractivity contribution in [2.24, 2.45) is 0 Å². The van der Waals surface area contributed by atoms with Gasteiger partial charge in [0.2, 0.25) is 0 Å². The Bertz CT molecular complexity index is 3480.